The van der Waals surface area contributed by atoms with Gasteiger partial charge < -0.3 is 4.42 Å². The lowest BCUT2D eigenvalue weighted by Crippen LogP contribution is -2.28. The topological polar surface area (TPSA) is 38.9 Å². The summed E-state index contributed by atoms with van der Waals surface area (Å²) in [5, 5.41) is 2.26. The molecule has 12 rings (SSSR count). The van der Waals surface area contributed by atoms with Crippen LogP contribution in [0.5, 0.6) is 0 Å². The molecular formula is C59H38N2O. The normalized spacial score (nSPS) is 12.6. The van der Waals surface area contributed by atoms with Crippen LogP contribution in [0.3, 0.4) is 0 Å². The van der Waals surface area contributed by atoms with Gasteiger partial charge in [-0.05, 0) is 86.0 Å². The van der Waals surface area contributed by atoms with Crippen LogP contribution in [0.1, 0.15) is 22.3 Å². The number of hydrogen-bond acceptors (Lipinski definition) is 3. The fraction of sp³-hybridized carbons (Fsp3) is 0.0169. The van der Waals surface area contributed by atoms with Crippen LogP contribution in [-0.2, 0) is 5.41 Å². The highest BCUT2D eigenvalue weighted by Gasteiger charge is 2.45. The van der Waals surface area contributed by atoms with Crippen LogP contribution in [0.25, 0.3) is 89.2 Å². The van der Waals surface area contributed by atoms with Crippen molar-refractivity contribution in [2.24, 2.45) is 0 Å². The highest BCUT2D eigenvalue weighted by atomic mass is 16.3. The smallest absolute Gasteiger partial charge is 0.160 e. The first-order valence-electron chi connectivity index (χ1n) is 21.1. The van der Waals surface area contributed by atoms with Crippen molar-refractivity contribution < 1.29 is 4.42 Å². The van der Waals surface area contributed by atoms with Crippen molar-refractivity contribution in [3.8, 4) is 67.3 Å². The first-order chi connectivity index (χ1) is 30.7. The van der Waals surface area contributed by atoms with E-state index in [4.69, 9.17) is 14.4 Å². The van der Waals surface area contributed by atoms with Gasteiger partial charge in [0.05, 0.1) is 16.8 Å². The van der Waals surface area contributed by atoms with Gasteiger partial charge in [0.15, 0.2) is 5.82 Å². The second kappa shape index (κ2) is 14.5. The third-order valence-corrected chi connectivity index (χ3v) is 12.6. The molecule has 9 aromatic carbocycles. The van der Waals surface area contributed by atoms with Gasteiger partial charge >= 0.3 is 0 Å². The van der Waals surface area contributed by atoms with Crippen LogP contribution in [0.2, 0.25) is 0 Å². The van der Waals surface area contributed by atoms with E-state index in [1.54, 1.807) is 0 Å². The van der Waals surface area contributed by atoms with Crippen molar-refractivity contribution in [2.45, 2.75) is 5.41 Å². The summed E-state index contributed by atoms with van der Waals surface area (Å²) in [6.45, 7) is 0. The molecule has 0 bridgehead atoms. The predicted octanol–water partition coefficient (Wildman–Crippen LogP) is 15.1. The van der Waals surface area contributed by atoms with Gasteiger partial charge in [0.25, 0.3) is 0 Å². The molecule has 3 nitrogen and oxygen atoms in total. The first-order valence-corrected chi connectivity index (χ1v) is 21.1. The van der Waals surface area contributed by atoms with Gasteiger partial charge in [-0.25, -0.2) is 9.97 Å². The summed E-state index contributed by atoms with van der Waals surface area (Å²) >= 11 is 0. The average molecular weight is 791 g/mol. The first kappa shape index (κ1) is 35.8. The maximum absolute atomic E-state index is 6.20. The number of fused-ring (bicyclic) bond motifs is 6. The number of aromatic nitrogens is 2. The molecule has 3 heteroatoms. The Kier molecular flexibility index (Phi) is 8.39. The Morgan fingerprint density at radius 3 is 1.45 bits per heavy atom. The quantitative estimate of drug-likeness (QED) is 0.161. The summed E-state index contributed by atoms with van der Waals surface area (Å²) in [7, 11) is 0. The second-order valence-corrected chi connectivity index (χ2v) is 16.1. The zero-order chi connectivity index (χ0) is 41.0. The summed E-state index contributed by atoms with van der Waals surface area (Å²) < 4.78 is 6.20. The summed E-state index contributed by atoms with van der Waals surface area (Å²) in [6.07, 6.45) is 0. The van der Waals surface area contributed by atoms with Gasteiger partial charge in [-0.3, -0.25) is 0 Å². The van der Waals surface area contributed by atoms with Crippen LogP contribution in [0, 0.1) is 0 Å². The molecule has 0 unspecified atom stereocenters. The number of furan rings is 1. The Morgan fingerprint density at radius 2 is 0.790 bits per heavy atom. The van der Waals surface area contributed by atoms with E-state index in [2.05, 4.69) is 200 Å². The molecule has 290 valence electrons. The monoisotopic (exact) mass is 790 g/mol. The molecule has 0 atom stereocenters. The molecule has 2 aromatic heterocycles. The zero-order valence-electron chi connectivity index (χ0n) is 33.7. The lowest BCUT2D eigenvalue weighted by Gasteiger charge is -2.33. The molecule has 1 aliphatic carbocycles. The predicted molar refractivity (Wildman–Crippen MR) is 254 cm³/mol. The van der Waals surface area contributed by atoms with E-state index in [0.29, 0.717) is 5.82 Å². The van der Waals surface area contributed by atoms with Crippen LogP contribution in [-0.4, -0.2) is 9.97 Å². The van der Waals surface area contributed by atoms with Gasteiger partial charge in [0.1, 0.15) is 11.2 Å². The molecule has 11 aromatic rings. The van der Waals surface area contributed by atoms with Gasteiger partial charge in [0, 0.05) is 27.5 Å². The highest BCUT2D eigenvalue weighted by molar-refractivity contribution is 6.06. The largest absolute Gasteiger partial charge is 0.456 e. The minimum Gasteiger partial charge on any atom is -0.456 e. The molecule has 0 aliphatic heterocycles. The Labute approximate surface area is 360 Å². The lowest BCUT2D eigenvalue weighted by atomic mass is 9.67. The van der Waals surface area contributed by atoms with Crippen LogP contribution < -0.4 is 0 Å². The van der Waals surface area contributed by atoms with E-state index in [1.807, 2.05) is 30.3 Å². The third-order valence-electron chi connectivity index (χ3n) is 12.6. The van der Waals surface area contributed by atoms with E-state index in [1.165, 1.54) is 38.9 Å². The Morgan fingerprint density at radius 1 is 0.306 bits per heavy atom. The number of benzene rings is 9. The van der Waals surface area contributed by atoms with Crippen molar-refractivity contribution in [3.63, 3.8) is 0 Å². The fourth-order valence-electron chi connectivity index (χ4n) is 9.66. The number of para-hydroxylation sites is 1. The number of hydrogen-bond donors (Lipinski definition) is 0. The number of nitrogens with zero attached hydrogens (tertiary/aromatic N) is 2. The summed E-state index contributed by atoms with van der Waals surface area (Å²) in [6, 6.07) is 82.3. The minimum absolute atomic E-state index is 0.415. The summed E-state index contributed by atoms with van der Waals surface area (Å²) in [5.74, 6) is 0.694. The Bertz CT molecular complexity index is 3390. The molecule has 0 saturated carbocycles. The molecule has 1 aliphatic rings. The Balaban J connectivity index is 0.905. The zero-order valence-corrected chi connectivity index (χ0v) is 33.7. The fourth-order valence-corrected chi connectivity index (χ4v) is 9.66. The maximum atomic E-state index is 6.20. The van der Waals surface area contributed by atoms with Gasteiger partial charge in [-0.1, -0.05) is 200 Å². The molecule has 0 N–H and O–H groups in total. The lowest BCUT2D eigenvalue weighted by molar-refractivity contribution is 0.669. The van der Waals surface area contributed by atoms with Crippen molar-refractivity contribution in [3.05, 3.63) is 253 Å². The van der Waals surface area contributed by atoms with Crippen LogP contribution in [0.15, 0.2) is 235 Å². The van der Waals surface area contributed by atoms with E-state index in [0.717, 1.165) is 66.7 Å². The van der Waals surface area contributed by atoms with Crippen LogP contribution in [0.4, 0.5) is 0 Å². The molecule has 0 spiro atoms. The van der Waals surface area contributed by atoms with Crippen molar-refractivity contribution in [1.29, 1.82) is 0 Å². The van der Waals surface area contributed by atoms with Crippen LogP contribution >= 0.6 is 0 Å². The molecule has 0 fully saturated rings. The van der Waals surface area contributed by atoms with Crippen molar-refractivity contribution >= 4 is 21.9 Å². The van der Waals surface area contributed by atoms with E-state index in [-0.39, 0.29) is 0 Å². The maximum Gasteiger partial charge on any atom is 0.160 e. The molecule has 0 amide bonds. The van der Waals surface area contributed by atoms with Crippen molar-refractivity contribution in [1.82, 2.24) is 9.97 Å². The molecular weight excluding hydrogens is 753 g/mol. The molecule has 0 radical (unpaired) electrons. The second-order valence-electron chi connectivity index (χ2n) is 16.1. The van der Waals surface area contributed by atoms with Gasteiger partial charge in [-0.2, -0.15) is 0 Å². The molecule has 2 heterocycles. The Hall–Kier alpha value is -8.14. The average Bonchev–Trinajstić information content (AvgIpc) is 3.88. The van der Waals surface area contributed by atoms with E-state index >= 15 is 0 Å². The summed E-state index contributed by atoms with van der Waals surface area (Å²) in [5.41, 5.74) is 18.4. The highest BCUT2D eigenvalue weighted by Crippen LogP contribution is 2.56. The standard InChI is InChI=1S/C59H38N2O/c1-4-14-43(15-5-1)58-60-54(38-55(61-58)42-30-26-40(27-31-42)45-32-34-50-49-21-11-13-23-56(49)62-57(50)37-45)41-28-24-39(25-29-41)44-33-35-53-51(36-44)48-20-10-12-22-52(48)59(53,46-16-6-2-7-17-46)47-18-8-3-9-19-47/h1-38H. The molecule has 0 saturated heterocycles. The van der Waals surface area contributed by atoms with Crippen molar-refractivity contribution in [2.75, 3.05) is 0 Å². The third kappa shape index (κ3) is 5.82. The number of rotatable bonds is 7. The molecule has 62 heavy (non-hydrogen) atoms. The van der Waals surface area contributed by atoms with Gasteiger partial charge in [-0.15, -0.1) is 0 Å². The summed E-state index contributed by atoms with van der Waals surface area (Å²) in [4.78, 5) is 10.3. The van der Waals surface area contributed by atoms with E-state index < -0.39 is 5.41 Å². The SMILES string of the molecule is c1ccc(-c2nc(-c3ccc(-c4ccc5c(c4)-c4ccccc4C5(c4ccccc4)c4ccccc4)cc3)cc(-c3ccc(-c4ccc5c(c4)oc4ccccc45)cc3)n2)cc1. The van der Waals surface area contributed by atoms with E-state index in [9.17, 15) is 0 Å². The van der Waals surface area contributed by atoms with Gasteiger partial charge in [0.2, 0.25) is 0 Å². The minimum atomic E-state index is -0.415.